The van der Waals surface area contributed by atoms with E-state index in [0.717, 1.165) is 29.5 Å². The Bertz CT molecular complexity index is 949. The van der Waals surface area contributed by atoms with Gasteiger partial charge in [0.1, 0.15) is 0 Å². The molecule has 2 N–H and O–H groups in total. The number of nitrogens with zero attached hydrogens (tertiary/aromatic N) is 5. The molecule has 0 radical (unpaired) electrons. The molecular weight excluding hydrogens is 320 g/mol. The fourth-order valence-electron chi connectivity index (χ4n) is 3.36. The number of piperidine rings is 1. The van der Waals surface area contributed by atoms with E-state index in [1.54, 1.807) is 7.05 Å². The van der Waals surface area contributed by atoms with Gasteiger partial charge in [0.05, 0.1) is 0 Å². The zero-order valence-corrected chi connectivity index (χ0v) is 15.3. The molecule has 2 aromatic rings. The monoisotopic (exact) mass is 346 g/mol. The molecule has 1 saturated heterocycles. The smallest absolute Gasteiger partial charge is 0.332 e. The van der Waals surface area contributed by atoms with Gasteiger partial charge in [0.2, 0.25) is 5.95 Å². The van der Waals surface area contributed by atoms with Crippen molar-refractivity contribution in [2.45, 2.75) is 39.3 Å². The molecule has 1 aliphatic rings. The van der Waals surface area contributed by atoms with Crippen LogP contribution in [0.25, 0.3) is 11.2 Å². The lowest BCUT2D eigenvalue weighted by molar-refractivity contribution is 0.495. The summed E-state index contributed by atoms with van der Waals surface area (Å²) in [5, 5.41) is 0. The van der Waals surface area contributed by atoms with Crippen LogP contribution in [0.3, 0.4) is 0 Å². The number of anilines is 1. The molecule has 0 spiro atoms. The van der Waals surface area contributed by atoms with Gasteiger partial charge in [-0.3, -0.25) is 13.9 Å². The Morgan fingerprint density at radius 2 is 2.04 bits per heavy atom. The minimum absolute atomic E-state index is 0.0940. The predicted molar refractivity (Wildman–Crippen MR) is 99.1 cm³/mol. The Morgan fingerprint density at radius 3 is 2.68 bits per heavy atom. The first-order valence-corrected chi connectivity index (χ1v) is 8.63. The molecule has 8 nitrogen and oxygen atoms in total. The normalized spacial score (nSPS) is 19.0. The van der Waals surface area contributed by atoms with Gasteiger partial charge in [0, 0.05) is 39.8 Å². The predicted octanol–water partition coefficient (Wildman–Crippen LogP) is 0.327. The van der Waals surface area contributed by atoms with Gasteiger partial charge in [-0.15, -0.1) is 0 Å². The van der Waals surface area contributed by atoms with Crippen molar-refractivity contribution in [1.82, 2.24) is 18.7 Å². The average Bonchev–Trinajstić information content (AvgIpc) is 2.97. The van der Waals surface area contributed by atoms with Crippen molar-refractivity contribution >= 4 is 17.1 Å². The summed E-state index contributed by atoms with van der Waals surface area (Å²) in [6, 6.07) is 0.0940. The Labute approximate surface area is 146 Å². The standard InChI is InChI=1S/C17H26N6O2/c1-5-11(2)9-23-13-14(20(3)17(25)21(4)15(13)24)19-16(23)22-8-6-7-12(18)10-22/h5,12H,6-10,18H2,1-4H3/b11-5+. The molecule has 1 unspecified atom stereocenters. The minimum Gasteiger partial charge on any atom is -0.341 e. The van der Waals surface area contributed by atoms with Gasteiger partial charge in [-0.2, -0.15) is 4.98 Å². The first-order chi connectivity index (χ1) is 11.8. The second kappa shape index (κ2) is 6.51. The van der Waals surface area contributed by atoms with Crippen molar-refractivity contribution in [3.8, 4) is 0 Å². The lowest BCUT2D eigenvalue weighted by Crippen LogP contribution is -2.44. The number of allylic oxidation sites excluding steroid dienone is 2. The summed E-state index contributed by atoms with van der Waals surface area (Å²) in [5.74, 6) is 0.713. The molecule has 3 rings (SSSR count). The van der Waals surface area contributed by atoms with E-state index in [9.17, 15) is 9.59 Å². The number of imidazole rings is 1. The van der Waals surface area contributed by atoms with Crippen molar-refractivity contribution in [2.75, 3.05) is 18.0 Å². The molecule has 8 heteroatoms. The van der Waals surface area contributed by atoms with Crippen molar-refractivity contribution in [3.05, 3.63) is 32.5 Å². The number of nitrogens with two attached hydrogens (primary N) is 1. The molecule has 1 fully saturated rings. The maximum absolute atomic E-state index is 12.8. The fraction of sp³-hybridized carbons (Fsp3) is 0.588. The second-order valence-corrected chi connectivity index (χ2v) is 6.86. The van der Waals surface area contributed by atoms with Crippen LogP contribution in [-0.2, 0) is 20.6 Å². The van der Waals surface area contributed by atoms with E-state index < -0.39 is 0 Å². The van der Waals surface area contributed by atoms with Crippen LogP contribution in [0.5, 0.6) is 0 Å². The van der Waals surface area contributed by atoms with Crippen LogP contribution >= 0.6 is 0 Å². The topological polar surface area (TPSA) is 91.1 Å². The van der Waals surface area contributed by atoms with Crippen LogP contribution in [0.15, 0.2) is 21.2 Å². The third-order valence-corrected chi connectivity index (χ3v) is 4.97. The summed E-state index contributed by atoms with van der Waals surface area (Å²) in [5.41, 5.74) is 7.45. The van der Waals surface area contributed by atoms with E-state index in [-0.39, 0.29) is 17.3 Å². The van der Waals surface area contributed by atoms with Crippen LogP contribution in [-0.4, -0.2) is 37.8 Å². The zero-order chi connectivity index (χ0) is 18.3. The van der Waals surface area contributed by atoms with E-state index in [1.165, 1.54) is 11.6 Å². The van der Waals surface area contributed by atoms with Gasteiger partial charge in [-0.05, 0) is 26.7 Å². The Hall–Kier alpha value is -2.35. The highest BCUT2D eigenvalue weighted by Gasteiger charge is 2.25. The maximum Gasteiger partial charge on any atom is 0.332 e. The van der Waals surface area contributed by atoms with Crippen molar-refractivity contribution in [2.24, 2.45) is 19.8 Å². The van der Waals surface area contributed by atoms with Crippen LogP contribution in [0.1, 0.15) is 26.7 Å². The highest BCUT2D eigenvalue weighted by Crippen LogP contribution is 2.23. The quantitative estimate of drug-likeness (QED) is 0.809. The van der Waals surface area contributed by atoms with E-state index in [2.05, 4.69) is 9.88 Å². The van der Waals surface area contributed by atoms with Crippen molar-refractivity contribution < 1.29 is 0 Å². The molecule has 2 aromatic heterocycles. The number of fused-ring (bicyclic) bond motifs is 1. The molecule has 1 atom stereocenters. The number of hydrogen-bond acceptors (Lipinski definition) is 5. The highest BCUT2D eigenvalue weighted by molar-refractivity contribution is 5.74. The van der Waals surface area contributed by atoms with Gasteiger partial charge in [-0.1, -0.05) is 11.6 Å². The van der Waals surface area contributed by atoms with Crippen molar-refractivity contribution in [1.29, 1.82) is 0 Å². The summed E-state index contributed by atoms with van der Waals surface area (Å²) in [4.78, 5) is 31.8. The van der Waals surface area contributed by atoms with Crippen LogP contribution in [0.4, 0.5) is 5.95 Å². The lowest BCUT2D eigenvalue weighted by Gasteiger charge is -2.31. The third-order valence-electron chi connectivity index (χ3n) is 4.97. The largest absolute Gasteiger partial charge is 0.341 e. The molecule has 1 aliphatic heterocycles. The molecule has 3 heterocycles. The zero-order valence-electron chi connectivity index (χ0n) is 15.3. The fourth-order valence-corrected chi connectivity index (χ4v) is 3.36. The van der Waals surface area contributed by atoms with E-state index in [0.29, 0.717) is 30.2 Å². The number of rotatable bonds is 3. The summed E-state index contributed by atoms with van der Waals surface area (Å²) < 4.78 is 4.49. The molecule has 0 aliphatic carbocycles. The van der Waals surface area contributed by atoms with E-state index in [1.807, 2.05) is 24.5 Å². The van der Waals surface area contributed by atoms with E-state index in [4.69, 9.17) is 5.73 Å². The summed E-state index contributed by atoms with van der Waals surface area (Å²) in [6.45, 7) is 6.09. The highest BCUT2D eigenvalue weighted by atomic mass is 16.2. The molecule has 0 saturated carbocycles. The summed E-state index contributed by atoms with van der Waals surface area (Å²) >= 11 is 0. The molecular formula is C17H26N6O2. The average molecular weight is 346 g/mol. The molecule has 136 valence electrons. The first-order valence-electron chi connectivity index (χ1n) is 8.63. The van der Waals surface area contributed by atoms with Crippen molar-refractivity contribution in [3.63, 3.8) is 0 Å². The van der Waals surface area contributed by atoms with Gasteiger partial charge >= 0.3 is 5.69 Å². The SMILES string of the molecule is C/C=C(\C)Cn1c(N2CCCC(N)C2)nc2c1c(=O)n(C)c(=O)n2C. The number of hydrogen-bond donors (Lipinski definition) is 1. The van der Waals surface area contributed by atoms with Gasteiger partial charge in [-0.25, -0.2) is 4.79 Å². The summed E-state index contributed by atoms with van der Waals surface area (Å²) in [6.07, 6.45) is 4.00. The van der Waals surface area contributed by atoms with Crippen LogP contribution < -0.4 is 21.9 Å². The minimum atomic E-state index is -0.369. The van der Waals surface area contributed by atoms with Gasteiger partial charge in [0.15, 0.2) is 11.2 Å². The van der Waals surface area contributed by atoms with Gasteiger partial charge < -0.3 is 15.2 Å². The molecule has 0 aromatic carbocycles. The first kappa shape index (κ1) is 17.5. The molecule has 0 bridgehead atoms. The number of aryl methyl sites for hydroxylation is 1. The Kier molecular flexibility index (Phi) is 4.55. The van der Waals surface area contributed by atoms with E-state index >= 15 is 0 Å². The maximum atomic E-state index is 12.8. The van der Waals surface area contributed by atoms with Crippen LogP contribution in [0.2, 0.25) is 0 Å². The second-order valence-electron chi connectivity index (χ2n) is 6.86. The van der Waals surface area contributed by atoms with Crippen LogP contribution in [0, 0.1) is 0 Å². The Morgan fingerprint density at radius 1 is 1.32 bits per heavy atom. The number of aromatic nitrogens is 4. The molecule has 0 amide bonds. The summed E-state index contributed by atoms with van der Waals surface area (Å²) in [7, 11) is 3.15. The third kappa shape index (κ3) is 2.90. The van der Waals surface area contributed by atoms with Gasteiger partial charge in [0.25, 0.3) is 5.56 Å². The lowest BCUT2D eigenvalue weighted by atomic mass is 10.1. The molecule has 25 heavy (non-hydrogen) atoms. The Balaban J connectivity index is 2.30.